The van der Waals surface area contributed by atoms with E-state index in [1.54, 1.807) is 0 Å². The van der Waals surface area contributed by atoms with Gasteiger partial charge in [-0.05, 0) is 42.3 Å². The lowest BCUT2D eigenvalue weighted by atomic mass is 9.79. The van der Waals surface area contributed by atoms with E-state index >= 15 is 0 Å². The summed E-state index contributed by atoms with van der Waals surface area (Å²) in [5, 5.41) is 0. The van der Waals surface area contributed by atoms with Crippen LogP contribution in [-0.4, -0.2) is 11.1 Å². The molecule has 1 aromatic heterocycles. The first-order chi connectivity index (χ1) is 12.3. The van der Waals surface area contributed by atoms with Gasteiger partial charge in [-0.25, -0.2) is 4.98 Å². The zero-order valence-electron chi connectivity index (χ0n) is 14.6. The molecule has 0 N–H and O–H groups in total. The molecule has 3 nitrogen and oxygen atoms in total. The Hall–Kier alpha value is -2.81. The van der Waals surface area contributed by atoms with Crippen molar-refractivity contribution in [3.63, 3.8) is 0 Å². The number of hydrogen-bond donors (Lipinski definition) is 0. The second-order valence-electron chi connectivity index (χ2n) is 7.08. The molecule has 3 heteroatoms. The third-order valence-electron chi connectivity index (χ3n) is 5.86. The highest BCUT2D eigenvalue weighted by atomic mass is 15.5. The summed E-state index contributed by atoms with van der Waals surface area (Å²) in [6.07, 6.45) is 3.18. The maximum atomic E-state index is 4.76. The van der Waals surface area contributed by atoms with Gasteiger partial charge in [-0.2, -0.15) is 0 Å². The summed E-state index contributed by atoms with van der Waals surface area (Å²) in [7, 11) is 0. The molecule has 2 aromatic carbocycles. The quantitative estimate of drug-likeness (QED) is 0.630. The molecule has 0 radical (unpaired) electrons. The van der Waals surface area contributed by atoms with Gasteiger partial charge in [0.2, 0.25) is 0 Å². The highest BCUT2D eigenvalue weighted by molar-refractivity contribution is 5.90. The van der Waals surface area contributed by atoms with Gasteiger partial charge >= 0.3 is 0 Å². The highest BCUT2D eigenvalue weighted by Crippen LogP contribution is 2.59. The van der Waals surface area contributed by atoms with Gasteiger partial charge in [-0.15, -0.1) is 0 Å². The Bertz CT molecular complexity index is 922. The van der Waals surface area contributed by atoms with Gasteiger partial charge in [0.1, 0.15) is 6.17 Å². The lowest BCUT2D eigenvalue weighted by Crippen LogP contribution is -2.47. The van der Waals surface area contributed by atoms with Gasteiger partial charge in [0.05, 0.1) is 5.69 Å². The van der Waals surface area contributed by atoms with Crippen LogP contribution in [-0.2, 0) is 5.41 Å². The summed E-state index contributed by atoms with van der Waals surface area (Å²) < 4.78 is 0. The molecule has 124 valence electrons. The van der Waals surface area contributed by atoms with Crippen molar-refractivity contribution in [2.24, 2.45) is 0 Å². The van der Waals surface area contributed by atoms with Crippen LogP contribution in [0.5, 0.6) is 0 Å². The Morgan fingerprint density at radius 1 is 0.880 bits per heavy atom. The van der Waals surface area contributed by atoms with Crippen molar-refractivity contribution in [3.8, 4) is 0 Å². The molecule has 2 unspecified atom stereocenters. The monoisotopic (exact) mass is 327 g/mol. The standard InChI is InChI=1S/C22H21N3/c1-3-22(2)17-12-7-8-13-18(17)25-20-19(14-9-15-23-20)24(21(22)25)16-10-5-4-6-11-16/h4-15,21H,3H2,1-2H3. The lowest BCUT2D eigenvalue weighted by molar-refractivity contribution is 0.396. The van der Waals surface area contributed by atoms with Crippen LogP contribution in [0.25, 0.3) is 0 Å². The maximum Gasteiger partial charge on any atom is 0.158 e. The number of benzene rings is 2. The molecular weight excluding hydrogens is 306 g/mol. The molecule has 2 aliphatic rings. The Morgan fingerprint density at radius 2 is 1.60 bits per heavy atom. The minimum absolute atomic E-state index is 0.0349. The third-order valence-corrected chi connectivity index (χ3v) is 5.86. The van der Waals surface area contributed by atoms with E-state index in [0.29, 0.717) is 0 Å². The van der Waals surface area contributed by atoms with E-state index in [1.165, 1.54) is 22.6 Å². The molecule has 5 rings (SSSR count). The van der Waals surface area contributed by atoms with Crippen LogP contribution in [0.15, 0.2) is 72.9 Å². The number of hydrogen-bond acceptors (Lipinski definition) is 3. The molecule has 2 atom stereocenters. The van der Waals surface area contributed by atoms with Crippen LogP contribution in [0.1, 0.15) is 25.8 Å². The summed E-state index contributed by atoms with van der Waals surface area (Å²) in [5.74, 6) is 1.06. The van der Waals surface area contributed by atoms with E-state index in [1.807, 2.05) is 12.3 Å². The van der Waals surface area contributed by atoms with Gasteiger partial charge < -0.3 is 9.80 Å². The molecule has 25 heavy (non-hydrogen) atoms. The zero-order chi connectivity index (χ0) is 17.0. The molecule has 0 spiro atoms. The number of anilines is 4. The normalized spacial score (nSPS) is 23.4. The molecule has 2 aliphatic heterocycles. The Morgan fingerprint density at radius 3 is 2.40 bits per heavy atom. The van der Waals surface area contributed by atoms with Crippen molar-refractivity contribution in [2.75, 3.05) is 9.80 Å². The average Bonchev–Trinajstić information content (AvgIpc) is 3.15. The minimum Gasteiger partial charge on any atom is -0.316 e. The third kappa shape index (κ3) is 1.78. The number of fused-ring (bicyclic) bond motifs is 5. The van der Waals surface area contributed by atoms with Crippen LogP contribution in [0, 0.1) is 0 Å². The first-order valence-corrected chi connectivity index (χ1v) is 8.94. The van der Waals surface area contributed by atoms with E-state index in [2.05, 4.69) is 84.3 Å². The summed E-state index contributed by atoms with van der Waals surface area (Å²) in [6, 6.07) is 23.7. The Labute approximate surface area is 148 Å². The first kappa shape index (κ1) is 14.5. The largest absolute Gasteiger partial charge is 0.316 e. The van der Waals surface area contributed by atoms with Crippen LogP contribution < -0.4 is 9.80 Å². The van der Waals surface area contributed by atoms with Crippen molar-refractivity contribution in [3.05, 3.63) is 78.5 Å². The van der Waals surface area contributed by atoms with Crippen LogP contribution in [0.3, 0.4) is 0 Å². The fourth-order valence-electron chi connectivity index (χ4n) is 4.49. The molecule has 3 heterocycles. The summed E-state index contributed by atoms with van der Waals surface area (Å²) in [5.41, 5.74) is 5.15. The van der Waals surface area contributed by atoms with Gasteiger partial charge in [-0.3, -0.25) is 0 Å². The predicted molar refractivity (Wildman–Crippen MR) is 103 cm³/mol. The van der Waals surface area contributed by atoms with Crippen molar-refractivity contribution >= 4 is 22.9 Å². The molecule has 0 aliphatic carbocycles. The number of nitrogens with zero attached hydrogens (tertiary/aromatic N) is 3. The van der Waals surface area contributed by atoms with Crippen molar-refractivity contribution in [2.45, 2.75) is 31.8 Å². The van der Waals surface area contributed by atoms with Gasteiger partial charge in [-0.1, -0.05) is 50.2 Å². The van der Waals surface area contributed by atoms with Crippen molar-refractivity contribution < 1.29 is 0 Å². The Balaban J connectivity index is 1.81. The molecule has 0 saturated carbocycles. The molecular formula is C22H21N3. The predicted octanol–water partition coefficient (Wildman–Crippen LogP) is 5.38. The number of rotatable bonds is 2. The summed E-state index contributed by atoms with van der Waals surface area (Å²) in [6.45, 7) is 4.68. The summed E-state index contributed by atoms with van der Waals surface area (Å²) >= 11 is 0. The smallest absolute Gasteiger partial charge is 0.158 e. The summed E-state index contributed by atoms with van der Waals surface area (Å²) in [4.78, 5) is 9.66. The van der Waals surface area contributed by atoms with Crippen LogP contribution in [0.4, 0.5) is 22.9 Å². The van der Waals surface area contributed by atoms with Crippen LogP contribution >= 0.6 is 0 Å². The van der Waals surface area contributed by atoms with E-state index < -0.39 is 0 Å². The average molecular weight is 327 g/mol. The fraction of sp³-hybridized carbons (Fsp3) is 0.227. The van der Waals surface area contributed by atoms with Crippen LogP contribution in [0.2, 0.25) is 0 Å². The van der Waals surface area contributed by atoms with E-state index in [9.17, 15) is 0 Å². The number of pyridine rings is 1. The topological polar surface area (TPSA) is 19.4 Å². The molecule has 0 amide bonds. The van der Waals surface area contributed by atoms with Gasteiger partial charge in [0.25, 0.3) is 0 Å². The highest BCUT2D eigenvalue weighted by Gasteiger charge is 2.55. The van der Waals surface area contributed by atoms with Crippen molar-refractivity contribution in [1.82, 2.24) is 4.98 Å². The SMILES string of the molecule is CCC1(C)c2ccccc2N2c3ncccc3N(c3ccccc3)C21. The Kier molecular flexibility index (Phi) is 2.96. The molecule has 0 bridgehead atoms. The lowest BCUT2D eigenvalue weighted by Gasteiger charge is -2.38. The minimum atomic E-state index is 0.0349. The van der Waals surface area contributed by atoms with E-state index in [4.69, 9.17) is 4.98 Å². The van der Waals surface area contributed by atoms with Gasteiger partial charge in [0, 0.05) is 23.0 Å². The first-order valence-electron chi connectivity index (χ1n) is 8.94. The second-order valence-corrected chi connectivity index (χ2v) is 7.08. The molecule has 0 saturated heterocycles. The molecule has 3 aromatic rings. The van der Waals surface area contributed by atoms with Crippen molar-refractivity contribution in [1.29, 1.82) is 0 Å². The maximum absolute atomic E-state index is 4.76. The molecule has 0 fully saturated rings. The van der Waals surface area contributed by atoms with E-state index in [0.717, 1.165) is 12.2 Å². The fourth-order valence-corrected chi connectivity index (χ4v) is 4.49. The second kappa shape index (κ2) is 5.09. The van der Waals surface area contributed by atoms with E-state index in [-0.39, 0.29) is 11.6 Å². The number of aromatic nitrogens is 1. The van der Waals surface area contributed by atoms with Gasteiger partial charge in [0.15, 0.2) is 5.82 Å². The number of para-hydroxylation sites is 2. The zero-order valence-corrected chi connectivity index (χ0v) is 14.6.